The molecule has 0 aromatic heterocycles. The summed E-state index contributed by atoms with van der Waals surface area (Å²) in [5, 5.41) is 0. The molecule has 0 saturated carbocycles. The van der Waals surface area contributed by atoms with Crippen LogP contribution in [0, 0.1) is 0 Å². The molecule has 3 N–H and O–H groups in total. The van der Waals surface area contributed by atoms with E-state index in [1.54, 1.807) is 6.07 Å². The van der Waals surface area contributed by atoms with Crippen LogP contribution in [0.15, 0.2) is 53.4 Å². The molecule has 5 nitrogen and oxygen atoms in total. The molecule has 0 atom stereocenters. The summed E-state index contributed by atoms with van der Waals surface area (Å²) in [6, 6.07) is 13.6. The van der Waals surface area contributed by atoms with Gasteiger partial charge in [-0.1, -0.05) is 18.2 Å². The Labute approximate surface area is 112 Å². The number of para-hydroxylation sites is 1. The fraction of sp³-hybridized carbons (Fsp3) is 0.0769. The van der Waals surface area contributed by atoms with E-state index in [0.29, 0.717) is 5.69 Å². The zero-order valence-corrected chi connectivity index (χ0v) is 11.1. The van der Waals surface area contributed by atoms with E-state index in [1.165, 1.54) is 12.1 Å². The normalized spacial score (nSPS) is 11.3. The smallest absolute Gasteiger partial charge is 0.294 e. The van der Waals surface area contributed by atoms with Gasteiger partial charge in [-0.05, 0) is 30.3 Å². The van der Waals surface area contributed by atoms with Gasteiger partial charge in [-0.25, -0.2) is 0 Å². The first-order chi connectivity index (χ1) is 8.89. The first-order valence-corrected chi connectivity index (χ1v) is 6.99. The molecule has 0 spiro atoms. The topological polar surface area (TPSA) is 83.6 Å². The maximum atomic E-state index is 11.0. The van der Waals surface area contributed by atoms with Crippen molar-refractivity contribution in [1.82, 2.24) is 0 Å². The van der Waals surface area contributed by atoms with E-state index in [4.69, 9.17) is 10.3 Å². The summed E-state index contributed by atoms with van der Waals surface area (Å²) in [7, 11) is -2.40. The molecule has 2 aromatic rings. The summed E-state index contributed by atoms with van der Waals surface area (Å²) >= 11 is 0. The molecule has 2 rings (SSSR count). The highest BCUT2D eigenvalue weighted by Gasteiger charge is 2.13. The fourth-order valence-corrected chi connectivity index (χ4v) is 2.31. The average molecular weight is 278 g/mol. The molecule has 19 heavy (non-hydrogen) atoms. The Kier molecular flexibility index (Phi) is 3.46. The van der Waals surface area contributed by atoms with Crippen molar-refractivity contribution in [3.8, 4) is 0 Å². The second-order valence-corrected chi connectivity index (χ2v) is 5.51. The lowest BCUT2D eigenvalue weighted by Gasteiger charge is -2.21. The summed E-state index contributed by atoms with van der Waals surface area (Å²) in [5.41, 5.74) is 7.71. The van der Waals surface area contributed by atoms with E-state index in [9.17, 15) is 8.42 Å². The van der Waals surface area contributed by atoms with E-state index in [2.05, 4.69) is 0 Å². The molecule has 0 aliphatic heterocycles. The molecule has 0 radical (unpaired) electrons. The maximum Gasteiger partial charge on any atom is 0.294 e. The van der Waals surface area contributed by atoms with E-state index in [1.807, 2.05) is 42.3 Å². The molecule has 0 unspecified atom stereocenters. The molecule has 0 heterocycles. The van der Waals surface area contributed by atoms with Crippen LogP contribution in [0.25, 0.3) is 0 Å². The number of rotatable bonds is 3. The van der Waals surface area contributed by atoms with Gasteiger partial charge in [0.25, 0.3) is 10.1 Å². The predicted molar refractivity (Wildman–Crippen MR) is 75.2 cm³/mol. The molecule has 100 valence electrons. The SMILES string of the molecule is CN(c1ccccc1)c1ccc(S(=O)(=O)O)cc1N. The van der Waals surface area contributed by atoms with Gasteiger partial charge in [0.05, 0.1) is 16.3 Å². The lowest BCUT2D eigenvalue weighted by Crippen LogP contribution is -2.12. The third-order valence-electron chi connectivity index (χ3n) is 2.80. The molecular weight excluding hydrogens is 264 g/mol. The van der Waals surface area contributed by atoms with Crippen molar-refractivity contribution in [1.29, 1.82) is 0 Å². The number of benzene rings is 2. The second-order valence-electron chi connectivity index (χ2n) is 4.09. The van der Waals surface area contributed by atoms with Gasteiger partial charge in [0.2, 0.25) is 0 Å². The van der Waals surface area contributed by atoms with Gasteiger partial charge in [-0.3, -0.25) is 4.55 Å². The average Bonchev–Trinajstić information content (AvgIpc) is 2.38. The van der Waals surface area contributed by atoms with Crippen LogP contribution in [-0.4, -0.2) is 20.0 Å². The number of nitrogen functional groups attached to an aromatic ring is 1. The third kappa shape index (κ3) is 2.86. The monoisotopic (exact) mass is 278 g/mol. The Morgan fingerprint density at radius 3 is 2.26 bits per heavy atom. The highest BCUT2D eigenvalue weighted by atomic mass is 32.2. The zero-order chi connectivity index (χ0) is 14.0. The van der Waals surface area contributed by atoms with Crippen LogP contribution in [-0.2, 0) is 10.1 Å². The Bertz CT molecular complexity index is 684. The molecule has 0 bridgehead atoms. The summed E-state index contributed by atoms with van der Waals surface area (Å²) in [5.74, 6) is 0. The molecular formula is C13H14N2O3S. The Balaban J connectivity index is 2.42. The number of hydrogen-bond acceptors (Lipinski definition) is 4. The minimum atomic E-state index is -4.23. The minimum Gasteiger partial charge on any atom is -0.397 e. The van der Waals surface area contributed by atoms with Crippen molar-refractivity contribution < 1.29 is 13.0 Å². The standard InChI is InChI=1S/C13H14N2O3S/c1-15(10-5-3-2-4-6-10)13-8-7-11(9-12(13)14)19(16,17)18/h2-9H,14H2,1H3,(H,16,17,18). The molecule has 0 saturated heterocycles. The van der Waals surface area contributed by atoms with Crippen LogP contribution in [0.1, 0.15) is 0 Å². The second kappa shape index (κ2) is 4.91. The van der Waals surface area contributed by atoms with Gasteiger partial charge < -0.3 is 10.6 Å². The Morgan fingerprint density at radius 2 is 1.74 bits per heavy atom. The number of nitrogens with two attached hydrogens (primary N) is 1. The lowest BCUT2D eigenvalue weighted by atomic mass is 10.2. The van der Waals surface area contributed by atoms with Crippen molar-refractivity contribution in [3.05, 3.63) is 48.5 Å². The van der Waals surface area contributed by atoms with Crippen molar-refractivity contribution in [2.45, 2.75) is 4.90 Å². The zero-order valence-electron chi connectivity index (χ0n) is 10.3. The van der Waals surface area contributed by atoms with E-state index in [0.717, 1.165) is 5.69 Å². The van der Waals surface area contributed by atoms with Gasteiger partial charge in [0, 0.05) is 12.7 Å². The highest BCUT2D eigenvalue weighted by molar-refractivity contribution is 7.85. The largest absolute Gasteiger partial charge is 0.397 e. The van der Waals surface area contributed by atoms with Crippen LogP contribution < -0.4 is 10.6 Å². The Morgan fingerprint density at radius 1 is 1.11 bits per heavy atom. The number of nitrogens with zero attached hydrogens (tertiary/aromatic N) is 1. The summed E-state index contributed by atoms with van der Waals surface area (Å²) < 4.78 is 31.0. The number of anilines is 3. The molecule has 0 amide bonds. The summed E-state index contributed by atoms with van der Waals surface area (Å²) in [6.45, 7) is 0. The van der Waals surface area contributed by atoms with Crippen LogP contribution in [0.4, 0.5) is 17.1 Å². The van der Waals surface area contributed by atoms with Crippen LogP contribution in [0.3, 0.4) is 0 Å². The van der Waals surface area contributed by atoms with E-state index in [-0.39, 0.29) is 10.6 Å². The predicted octanol–water partition coefficient (Wildman–Crippen LogP) is 2.28. The molecule has 6 heteroatoms. The quantitative estimate of drug-likeness (QED) is 0.664. The summed E-state index contributed by atoms with van der Waals surface area (Å²) in [6.07, 6.45) is 0. The van der Waals surface area contributed by atoms with Crippen molar-refractivity contribution in [3.63, 3.8) is 0 Å². The maximum absolute atomic E-state index is 11.0. The molecule has 0 aliphatic rings. The number of hydrogen-bond donors (Lipinski definition) is 2. The third-order valence-corrected chi connectivity index (χ3v) is 3.65. The van der Waals surface area contributed by atoms with Crippen molar-refractivity contribution in [2.24, 2.45) is 0 Å². The van der Waals surface area contributed by atoms with Gasteiger partial charge >= 0.3 is 0 Å². The molecule has 0 aliphatic carbocycles. The van der Waals surface area contributed by atoms with Crippen LogP contribution in [0.5, 0.6) is 0 Å². The first-order valence-electron chi connectivity index (χ1n) is 5.55. The van der Waals surface area contributed by atoms with Gasteiger partial charge in [-0.15, -0.1) is 0 Å². The van der Waals surface area contributed by atoms with E-state index >= 15 is 0 Å². The van der Waals surface area contributed by atoms with Crippen molar-refractivity contribution in [2.75, 3.05) is 17.7 Å². The van der Waals surface area contributed by atoms with Crippen LogP contribution >= 0.6 is 0 Å². The van der Waals surface area contributed by atoms with E-state index < -0.39 is 10.1 Å². The van der Waals surface area contributed by atoms with Gasteiger partial charge in [0.1, 0.15) is 0 Å². The van der Waals surface area contributed by atoms with Crippen molar-refractivity contribution >= 4 is 27.2 Å². The van der Waals surface area contributed by atoms with Gasteiger partial charge in [-0.2, -0.15) is 8.42 Å². The Hall–Kier alpha value is -2.05. The molecule has 0 fully saturated rings. The lowest BCUT2D eigenvalue weighted by molar-refractivity contribution is 0.483. The molecule has 2 aromatic carbocycles. The van der Waals surface area contributed by atoms with Crippen LogP contribution in [0.2, 0.25) is 0 Å². The highest BCUT2D eigenvalue weighted by Crippen LogP contribution is 2.30. The first kappa shape index (κ1) is 13.4. The minimum absolute atomic E-state index is 0.213. The summed E-state index contributed by atoms with van der Waals surface area (Å²) in [4.78, 5) is 1.62. The fourth-order valence-electron chi connectivity index (χ4n) is 1.79. The van der Waals surface area contributed by atoms with Gasteiger partial charge in [0.15, 0.2) is 0 Å².